The minimum atomic E-state index is 0.0631. The lowest BCUT2D eigenvalue weighted by atomic mass is 10.1. The van der Waals surface area contributed by atoms with Gasteiger partial charge in [0.25, 0.3) is 0 Å². The highest BCUT2D eigenvalue weighted by molar-refractivity contribution is 5.59. The maximum absolute atomic E-state index is 8.94. The van der Waals surface area contributed by atoms with Gasteiger partial charge in [0.2, 0.25) is 0 Å². The third-order valence-electron chi connectivity index (χ3n) is 2.08. The highest BCUT2D eigenvalue weighted by Gasteiger charge is 2.08. The van der Waals surface area contributed by atoms with E-state index in [1.54, 1.807) is 12.1 Å². The van der Waals surface area contributed by atoms with Gasteiger partial charge in [-0.15, -0.1) is 6.58 Å². The van der Waals surface area contributed by atoms with Gasteiger partial charge in [-0.2, -0.15) is 5.26 Å². The van der Waals surface area contributed by atoms with Crippen LogP contribution in [0.2, 0.25) is 0 Å². The van der Waals surface area contributed by atoms with Crippen molar-refractivity contribution in [3.05, 3.63) is 42.5 Å². The zero-order chi connectivity index (χ0) is 11.1. The van der Waals surface area contributed by atoms with Gasteiger partial charge in [-0.05, 0) is 12.1 Å². The normalized spacial score (nSPS) is 9.33. The molecule has 0 radical (unpaired) electrons. The molecule has 1 rings (SSSR count). The largest absolute Gasteiger partial charge is 0.395 e. The summed E-state index contributed by atoms with van der Waals surface area (Å²) in [4.78, 5) is 1.92. The second-order valence-electron chi connectivity index (χ2n) is 3.09. The Labute approximate surface area is 89.9 Å². The summed E-state index contributed by atoms with van der Waals surface area (Å²) in [6.45, 7) is 4.85. The molecule has 0 aliphatic rings. The minimum absolute atomic E-state index is 0.0631. The summed E-state index contributed by atoms with van der Waals surface area (Å²) in [6.07, 6.45) is 1.75. The highest BCUT2D eigenvalue weighted by atomic mass is 16.3. The molecule has 1 aromatic rings. The topological polar surface area (TPSA) is 47.3 Å². The quantitative estimate of drug-likeness (QED) is 0.737. The van der Waals surface area contributed by atoms with Gasteiger partial charge in [0.05, 0.1) is 17.9 Å². The zero-order valence-corrected chi connectivity index (χ0v) is 8.56. The molecule has 78 valence electrons. The third-order valence-corrected chi connectivity index (χ3v) is 2.08. The maximum Gasteiger partial charge on any atom is 0.101 e. The van der Waals surface area contributed by atoms with E-state index in [1.807, 2.05) is 23.1 Å². The maximum atomic E-state index is 8.94. The Morgan fingerprint density at radius 3 is 2.80 bits per heavy atom. The van der Waals surface area contributed by atoms with E-state index < -0.39 is 0 Å². The smallest absolute Gasteiger partial charge is 0.101 e. The molecule has 0 spiro atoms. The predicted molar refractivity (Wildman–Crippen MR) is 60.7 cm³/mol. The van der Waals surface area contributed by atoms with E-state index in [9.17, 15) is 0 Å². The van der Waals surface area contributed by atoms with Crippen LogP contribution in [0.1, 0.15) is 5.56 Å². The van der Waals surface area contributed by atoms with Crippen LogP contribution in [-0.4, -0.2) is 24.8 Å². The van der Waals surface area contributed by atoms with Crippen LogP contribution in [0, 0.1) is 11.3 Å². The van der Waals surface area contributed by atoms with Crippen LogP contribution in [-0.2, 0) is 0 Å². The molecule has 0 unspecified atom stereocenters. The first kappa shape index (κ1) is 11.3. The van der Waals surface area contributed by atoms with Crippen molar-refractivity contribution in [1.82, 2.24) is 0 Å². The van der Waals surface area contributed by atoms with E-state index in [0.29, 0.717) is 18.7 Å². The second-order valence-corrected chi connectivity index (χ2v) is 3.09. The first-order valence-corrected chi connectivity index (χ1v) is 4.79. The Kier molecular flexibility index (Phi) is 4.39. The minimum Gasteiger partial charge on any atom is -0.395 e. The van der Waals surface area contributed by atoms with Gasteiger partial charge in [0.1, 0.15) is 6.07 Å². The van der Waals surface area contributed by atoms with Crippen LogP contribution >= 0.6 is 0 Å². The van der Waals surface area contributed by atoms with E-state index in [2.05, 4.69) is 12.6 Å². The number of nitriles is 1. The Bertz CT molecular complexity index is 368. The number of anilines is 1. The molecule has 0 bridgehead atoms. The summed E-state index contributed by atoms with van der Waals surface area (Å²) in [7, 11) is 0. The number of hydrogen-bond acceptors (Lipinski definition) is 3. The number of aliphatic hydroxyl groups excluding tert-OH is 1. The Morgan fingerprint density at radius 1 is 1.47 bits per heavy atom. The van der Waals surface area contributed by atoms with Gasteiger partial charge >= 0.3 is 0 Å². The van der Waals surface area contributed by atoms with Gasteiger partial charge in [-0.1, -0.05) is 18.2 Å². The number of para-hydroxylation sites is 1. The van der Waals surface area contributed by atoms with Crippen molar-refractivity contribution in [3.63, 3.8) is 0 Å². The SMILES string of the molecule is C=CCN(CCO)c1ccccc1C#N. The summed E-state index contributed by atoms with van der Waals surface area (Å²) in [6, 6.07) is 9.48. The lowest BCUT2D eigenvalue weighted by Gasteiger charge is -2.23. The third kappa shape index (κ3) is 2.83. The van der Waals surface area contributed by atoms with Gasteiger partial charge in [0.15, 0.2) is 0 Å². The molecule has 1 aromatic carbocycles. The number of aliphatic hydroxyl groups is 1. The van der Waals surface area contributed by atoms with Crippen molar-refractivity contribution in [2.24, 2.45) is 0 Å². The van der Waals surface area contributed by atoms with Crippen LogP contribution in [0.3, 0.4) is 0 Å². The van der Waals surface area contributed by atoms with Crippen molar-refractivity contribution in [2.75, 3.05) is 24.6 Å². The summed E-state index contributed by atoms with van der Waals surface area (Å²) < 4.78 is 0. The van der Waals surface area contributed by atoms with E-state index in [1.165, 1.54) is 0 Å². The molecule has 0 aliphatic carbocycles. The molecule has 0 heterocycles. The summed E-state index contributed by atoms with van der Waals surface area (Å²) in [5.74, 6) is 0. The van der Waals surface area contributed by atoms with Crippen molar-refractivity contribution < 1.29 is 5.11 Å². The summed E-state index contributed by atoms with van der Waals surface area (Å²) in [5.41, 5.74) is 1.46. The average Bonchev–Trinajstić information content (AvgIpc) is 2.29. The predicted octanol–water partition coefficient (Wildman–Crippen LogP) is 1.54. The van der Waals surface area contributed by atoms with Crippen LogP contribution in [0.25, 0.3) is 0 Å². The van der Waals surface area contributed by atoms with Crippen LogP contribution in [0.4, 0.5) is 5.69 Å². The standard InChI is InChI=1S/C12H14N2O/c1-2-7-14(8-9-15)12-6-4-3-5-11(12)10-13/h2-6,15H,1,7-9H2. The molecule has 0 aromatic heterocycles. The number of nitrogens with zero attached hydrogens (tertiary/aromatic N) is 2. The Hall–Kier alpha value is -1.79. The number of hydrogen-bond donors (Lipinski definition) is 1. The molecule has 15 heavy (non-hydrogen) atoms. The van der Waals surface area contributed by atoms with E-state index >= 15 is 0 Å². The van der Waals surface area contributed by atoms with E-state index in [-0.39, 0.29) is 6.61 Å². The molecule has 0 aliphatic heterocycles. The summed E-state index contributed by atoms with van der Waals surface area (Å²) in [5, 5.41) is 17.9. The highest BCUT2D eigenvalue weighted by Crippen LogP contribution is 2.18. The fourth-order valence-electron chi connectivity index (χ4n) is 1.43. The van der Waals surface area contributed by atoms with Gasteiger partial charge in [0, 0.05) is 13.1 Å². The van der Waals surface area contributed by atoms with Crippen molar-refractivity contribution in [3.8, 4) is 6.07 Å². The lowest BCUT2D eigenvalue weighted by Crippen LogP contribution is -2.27. The van der Waals surface area contributed by atoms with Gasteiger partial charge < -0.3 is 10.0 Å². The molecule has 0 amide bonds. The lowest BCUT2D eigenvalue weighted by molar-refractivity contribution is 0.303. The van der Waals surface area contributed by atoms with Crippen molar-refractivity contribution in [2.45, 2.75) is 0 Å². The molecule has 3 nitrogen and oxygen atoms in total. The first-order valence-electron chi connectivity index (χ1n) is 4.79. The molecule has 3 heteroatoms. The van der Waals surface area contributed by atoms with Crippen LogP contribution < -0.4 is 4.90 Å². The molecular formula is C12H14N2O. The Balaban J connectivity index is 2.99. The van der Waals surface area contributed by atoms with Crippen LogP contribution in [0.5, 0.6) is 0 Å². The summed E-state index contributed by atoms with van der Waals surface area (Å²) >= 11 is 0. The average molecular weight is 202 g/mol. The van der Waals surface area contributed by atoms with Gasteiger partial charge in [-0.3, -0.25) is 0 Å². The molecule has 0 fully saturated rings. The van der Waals surface area contributed by atoms with Crippen LogP contribution in [0.15, 0.2) is 36.9 Å². The molecule has 1 N–H and O–H groups in total. The van der Waals surface area contributed by atoms with E-state index in [4.69, 9.17) is 10.4 Å². The number of benzene rings is 1. The fraction of sp³-hybridized carbons (Fsp3) is 0.250. The molecule has 0 saturated carbocycles. The molecule has 0 saturated heterocycles. The van der Waals surface area contributed by atoms with Crippen molar-refractivity contribution in [1.29, 1.82) is 5.26 Å². The van der Waals surface area contributed by atoms with E-state index in [0.717, 1.165) is 5.69 Å². The Morgan fingerprint density at radius 2 is 2.20 bits per heavy atom. The zero-order valence-electron chi connectivity index (χ0n) is 8.56. The van der Waals surface area contributed by atoms with Gasteiger partial charge in [-0.25, -0.2) is 0 Å². The molecule has 0 atom stereocenters. The van der Waals surface area contributed by atoms with Crippen molar-refractivity contribution >= 4 is 5.69 Å². The number of rotatable bonds is 5. The first-order chi connectivity index (χ1) is 7.33. The monoisotopic (exact) mass is 202 g/mol. The fourth-order valence-corrected chi connectivity index (χ4v) is 1.43. The second kappa shape index (κ2) is 5.84. The molecular weight excluding hydrogens is 188 g/mol.